The summed E-state index contributed by atoms with van der Waals surface area (Å²) in [7, 11) is 0. The van der Waals surface area contributed by atoms with Crippen LogP contribution in [0.5, 0.6) is 0 Å². The molecule has 2 amide bonds. The molecule has 0 radical (unpaired) electrons. The fraction of sp³-hybridized carbons (Fsp3) is 0.222. The van der Waals surface area contributed by atoms with Crippen molar-refractivity contribution in [1.82, 2.24) is 0 Å². The molecular formula is C18H18F2N2O2. The number of anilines is 2. The van der Waals surface area contributed by atoms with E-state index in [4.69, 9.17) is 0 Å². The zero-order valence-electron chi connectivity index (χ0n) is 13.5. The number of nitrogens with one attached hydrogen (secondary N) is 1. The third kappa shape index (κ3) is 4.62. The van der Waals surface area contributed by atoms with Crippen LogP contribution in [-0.4, -0.2) is 18.4 Å². The van der Waals surface area contributed by atoms with Crippen molar-refractivity contribution in [2.24, 2.45) is 0 Å². The van der Waals surface area contributed by atoms with Crippen LogP contribution >= 0.6 is 0 Å². The monoisotopic (exact) mass is 332 g/mol. The van der Waals surface area contributed by atoms with Gasteiger partial charge in [0, 0.05) is 31.6 Å². The fourth-order valence-electron chi connectivity index (χ4n) is 2.21. The molecule has 24 heavy (non-hydrogen) atoms. The maximum absolute atomic E-state index is 13.5. The van der Waals surface area contributed by atoms with Gasteiger partial charge in [0.1, 0.15) is 11.6 Å². The lowest BCUT2D eigenvalue weighted by atomic mass is 10.2. The lowest BCUT2D eigenvalue weighted by Crippen LogP contribution is -2.32. The lowest BCUT2D eigenvalue weighted by molar-refractivity contribution is -0.117. The van der Waals surface area contributed by atoms with E-state index in [0.717, 1.165) is 17.7 Å². The molecule has 0 bridgehead atoms. The molecule has 0 unspecified atom stereocenters. The van der Waals surface area contributed by atoms with Crippen molar-refractivity contribution < 1.29 is 18.4 Å². The number of nitrogens with zero attached hydrogens (tertiary/aromatic N) is 1. The Bertz CT molecular complexity index is 745. The van der Waals surface area contributed by atoms with E-state index in [1.165, 1.54) is 11.8 Å². The Morgan fingerprint density at radius 3 is 2.33 bits per heavy atom. The van der Waals surface area contributed by atoms with Crippen molar-refractivity contribution in [3.8, 4) is 0 Å². The van der Waals surface area contributed by atoms with Crippen LogP contribution in [0.25, 0.3) is 0 Å². The Morgan fingerprint density at radius 1 is 1.08 bits per heavy atom. The van der Waals surface area contributed by atoms with E-state index < -0.39 is 17.5 Å². The molecule has 0 fully saturated rings. The van der Waals surface area contributed by atoms with Crippen molar-refractivity contribution in [3.05, 3.63) is 59.7 Å². The maximum atomic E-state index is 13.5. The largest absolute Gasteiger partial charge is 0.324 e. The number of amides is 2. The fourth-order valence-corrected chi connectivity index (χ4v) is 2.21. The van der Waals surface area contributed by atoms with Crippen molar-refractivity contribution in [2.45, 2.75) is 20.3 Å². The van der Waals surface area contributed by atoms with E-state index in [0.29, 0.717) is 11.8 Å². The molecule has 2 aromatic carbocycles. The van der Waals surface area contributed by atoms with Gasteiger partial charge in [-0.2, -0.15) is 0 Å². The summed E-state index contributed by atoms with van der Waals surface area (Å²) in [4.78, 5) is 25.2. The smallest absolute Gasteiger partial charge is 0.226 e. The molecule has 2 rings (SSSR count). The topological polar surface area (TPSA) is 49.4 Å². The van der Waals surface area contributed by atoms with Crippen LogP contribution in [0.4, 0.5) is 20.2 Å². The predicted molar refractivity (Wildman–Crippen MR) is 88.8 cm³/mol. The van der Waals surface area contributed by atoms with E-state index in [1.807, 2.05) is 19.1 Å². The summed E-state index contributed by atoms with van der Waals surface area (Å²) in [5.74, 6) is -2.21. The average molecular weight is 332 g/mol. The molecule has 0 atom stereocenters. The molecule has 126 valence electrons. The number of carbonyl (C=O) groups excluding carboxylic acids is 2. The van der Waals surface area contributed by atoms with Crippen molar-refractivity contribution >= 4 is 23.2 Å². The van der Waals surface area contributed by atoms with Crippen LogP contribution in [0.15, 0.2) is 42.5 Å². The third-order valence-electron chi connectivity index (χ3n) is 3.49. The molecule has 0 saturated carbocycles. The zero-order chi connectivity index (χ0) is 17.7. The van der Waals surface area contributed by atoms with Gasteiger partial charge < -0.3 is 10.2 Å². The molecule has 4 nitrogen and oxygen atoms in total. The Hall–Kier alpha value is -2.76. The number of carbonyl (C=O) groups is 2. The first-order valence-corrected chi connectivity index (χ1v) is 7.46. The molecule has 0 aliphatic rings. The molecule has 0 heterocycles. The highest BCUT2D eigenvalue weighted by atomic mass is 19.1. The summed E-state index contributed by atoms with van der Waals surface area (Å²) < 4.78 is 26.4. The van der Waals surface area contributed by atoms with Crippen LogP contribution in [0.3, 0.4) is 0 Å². The standard InChI is InChI=1S/C18H18F2N2O2/c1-12-3-6-15(7-4-12)22(13(2)23)10-9-18(24)21-17-8-5-14(19)11-16(17)20/h3-8,11H,9-10H2,1-2H3,(H,21,24). The van der Waals surface area contributed by atoms with Gasteiger partial charge in [0.15, 0.2) is 0 Å². The highest BCUT2D eigenvalue weighted by Crippen LogP contribution is 2.17. The minimum atomic E-state index is -0.842. The molecule has 2 aromatic rings. The second kappa shape index (κ2) is 7.68. The highest BCUT2D eigenvalue weighted by molar-refractivity contribution is 5.94. The Balaban J connectivity index is 2.00. The minimum absolute atomic E-state index is 0.00965. The molecule has 0 spiro atoms. The average Bonchev–Trinajstić information content (AvgIpc) is 2.52. The van der Waals surface area contributed by atoms with Gasteiger partial charge in [-0.1, -0.05) is 17.7 Å². The summed E-state index contributed by atoms with van der Waals surface area (Å²) in [6, 6.07) is 10.3. The van der Waals surface area contributed by atoms with Crippen LogP contribution in [0.1, 0.15) is 18.9 Å². The van der Waals surface area contributed by atoms with Crippen LogP contribution in [-0.2, 0) is 9.59 Å². The Kier molecular flexibility index (Phi) is 5.63. The van der Waals surface area contributed by atoms with E-state index in [2.05, 4.69) is 5.32 Å². The minimum Gasteiger partial charge on any atom is -0.324 e. The molecule has 6 heteroatoms. The van der Waals surface area contributed by atoms with Gasteiger partial charge in [0.2, 0.25) is 11.8 Å². The van der Waals surface area contributed by atoms with Gasteiger partial charge in [-0.25, -0.2) is 8.78 Å². The van der Waals surface area contributed by atoms with E-state index >= 15 is 0 Å². The summed E-state index contributed by atoms with van der Waals surface area (Å²) in [5.41, 5.74) is 1.66. The van der Waals surface area contributed by atoms with Gasteiger partial charge in [-0.15, -0.1) is 0 Å². The number of halogens is 2. The normalized spacial score (nSPS) is 10.3. The lowest BCUT2D eigenvalue weighted by Gasteiger charge is -2.21. The second-order valence-electron chi connectivity index (χ2n) is 5.43. The second-order valence-corrected chi connectivity index (χ2v) is 5.43. The third-order valence-corrected chi connectivity index (χ3v) is 3.49. The van der Waals surface area contributed by atoms with Crippen molar-refractivity contribution in [3.63, 3.8) is 0 Å². The van der Waals surface area contributed by atoms with Crippen LogP contribution < -0.4 is 10.2 Å². The quantitative estimate of drug-likeness (QED) is 0.908. The predicted octanol–water partition coefficient (Wildman–Crippen LogP) is 3.65. The molecule has 0 saturated heterocycles. The van der Waals surface area contributed by atoms with E-state index in [-0.39, 0.29) is 24.6 Å². The first kappa shape index (κ1) is 17.6. The SMILES string of the molecule is CC(=O)N(CCC(=O)Nc1ccc(F)cc1F)c1ccc(C)cc1. The maximum Gasteiger partial charge on any atom is 0.226 e. The summed E-state index contributed by atoms with van der Waals surface area (Å²) in [6.45, 7) is 3.51. The van der Waals surface area contributed by atoms with Gasteiger partial charge >= 0.3 is 0 Å². The molecule has 0 aliphatic carbocycles. The van der Waals surface area contributed by atoms with Crippen molar-refractivity contribution in [1.29, 1.82) is 0 Å². The molecular weight excluding hydrogens is 314 g/mol. The Labute approximate surface area is 139 Å². The van der Waals surface area contributed by atoms with Gasteiger partial charge in [0.25, 0.3) is 0 Å². The number of benzene rings is 2. The summed E-state index contributed by atoms with van der Waals surface area (Å²) in [6.07, 6.45) is -0.00965. The highest BCUT2D eigenvalue weighted by Gasteiger charge is 2.14. The van der Waals surface area contributed by atoms with E-state index in [9.17, 15) is 18.4 Å². The van der Waals surface area contributed by atoms with Crippen LogP contribution in [0.2, 0.25) is 0 Å². The number of hydrogen-bond donors (Lipinski definition) is 1. The number of aryl methyl sites for hydroxylation is 1. The Morgan fingerprint density at radius 2 is 1.75 bits per heavy atom. The van der Waals surface area contributed by atoms with Gasteiger partial charge in [0.05, 0.1) is 5.69 Å². The summed E-state index contributed by atoms with van der Waals surface area (Å²) in [5, 5.41) is 2.37. The number of hydrogen-bond acceptors (Lipinski definition) is 2. The first-order chi connectivity index (χ1) is 11.4. The first-order valence-electron chi connectivity index (χ1n) is 7.46. The van der Waals surface area contributed by atoms with E-state index in [1.54, 1.807) is 12.1 Å². The van der Waals surface area contributed by atoms with Gasteiger partial charge in [-0.3, -0.25) is 9.59 Å². The molecule has 0 aromatic heterocycles. The van der Waals surface area contributed by atoms with Crippen molar-refractivity contribution in [2.75, 3.05) is 16.8 Å². The van der Waals surface area contributed by atoms with Gasteiger partial charge in [-0.05, 0) is 31.2 Å². The summed E-state index contributed by atoms with van der Waals surface area (Å²) >= 11 is 0. The van der Waals surface area contributed by atoms with Crippen LogP contribution in [0, 0.1) is 18.6 Å². The molecule has 0 aliphatic heterocycles. The molecule has 1 N–H and O–H groups in total. The zero-order valence-corrected chi connectivity index (χ0v) is 13.5. The number of rotatable bonds is 5.